The van der Waals surface area contributed by atoms with Crippen molar-refractivity contribution in [1.29, 1.82) is 0 Å². The maximum atomic E-state index is 12.2. The Morgan fingerprint density at radius 2 is 2.00 bits per heavy atom. The SMILES string of the molecule is C[C@@H](NC(=O)Nc1cc(N)c(C(N)=NC(=O)C(C)(C)C)cn1)C1=CCCC=C1. The molecule has 0 aromatic carbocycles. The molecule has 1 aliphatic carbocycles. The van der Waals surface area contributed by atoms with Crippen molar-refractivity contribution in [2.24, 2.45) is 16.1 Å². The highest BCUT2D eigenvalue weighted by atomic mass is 16.2. The number of rotatable bonds is 4. The van der Waals surface area contributed by atoms with Gasteiger partial charge >= 0.3 is 6.03 Å². The number of aromatic nitrogens is 1. The van der Waals surface area contributed by atoms with Gasteiger partial charge < -0.3 is 16.8 Å². The summed E-state index contributed by atoms with van der Waals surface area (Å²) in [6.45, 7) is 7.16. The van der Waals surface area contributed by atoms with Crippen LogP contribution < -0.4 is 22.1 Å². The molecule has 8 heteroatoms. The molecule has 0 fully saturated rings. The molecule has 2 rings (SSSR count). The number of amides is 3. The topological polar surface area (TPSA) is 135 Å². The van der Waals surface area contributed by atoms with Crippen LogP contribution in [0.25, 0.3) is 0 Å². The molecule has 0 spiro atoms. The Kier molecular flexibility index (Phi) is 6.56. The largest absolute Gasteiger partial charge is 0.398 e. The molecule has 1 aromatic heterocycles. The lowest BCUT2D eigenvalue weighted by Crippen LogP contribution is -2.37. The van der Waals surface area contributed by atoms with Crippen molar-refractivity contribution < 1.29 is 9.59 Å². The highest BCUT2D eigenvalue weighted by Crippen LogP contribution is 2.19. The number of allylic oxidation sites excluding steroid dienone is 2. The number of aliphatic imine (C=N–C) groups is 1. The molecule has 0 unspecified atom stereocenters. The van der Waals surface area contributed by atoms with Crippen molar-refractivity contribution in [3.05, 3.63) is 41.6 Å². The Hall–Kier alpha value is -3.16. The second-order valence-electron chi connectivity index (χ2n) is 7.71. The molecule has 8 nitrogen and oxygen atoms in total. The van der Waals surface area contributed by atoms with E-state index in [9.17, 15) is 9.59 Å². The highest BCUT2D eigenvalue weighted by Gasteiger charge is 2.21. The summed E-state index contributed by atoms with van der Waals surface area (Å²) in [7, 11) is 0. The Balaban J connectivity index is 2.04. The number of amidine groups is 1. The number of nitrogens with zero attached hydrogens (tertiary/aromatic N) is 2. The summed E-state index contributed by atoms with van der Waals surface area (Å²) in [5.74, 6) is -0.0920. The van der Waals surface area contributed by atoms with Crippen LogP contribution in [-0.2, 0) is 4.79 Å². The first-order chi connectivity index (χ1) is 13.1. The molecule has 0 bridgehead atoms. The van der Waals surface area contributed by atoms with Gasteiger partial charge in [0.2, 0.25) is 0 Å². The van der Waals surface area contributed by atoms with Crippen LogP contribution in [0.1, 0.15) is 46.1 Å². The number of carbonyl (C=O) groups excluding carboxylic acids is 2. The minimum atomic E-state index is -0.647. The van der Waals surface area contributed by atoms with Gasteiger partial charge in [0, 0.05) is 23.4 Å². The minimum Gasteiger partial charge on any atom is -0.398 e. The molecule has 0 radical (unpaired) electrons. The molecule has 3 amide bonds. The first-order valence-electron chi connectivity index (χ1n) is 9.16. The third-order valence-corrected chi connectivity index (χ3v) is 4.19. The van der Waals surface area contributed by atoms with Crippen LogP contribution in [0.15, 0.2) is 41.1 Å². The molecular weight excluding hydrogens is 356 g/mol. The molecule has 150 valence electrons. The van der Waals surface area contributed by atoms with Gasteiger partial charge in [-0.2, -0.15) is 4.99 Å². The monoisotopic (exact) mass is 384 g/mol. The summed E-state index contributed by atoms with van der Waals surface area (Å²) < 4.78 is 0. The fourth-order valence-electron chi connectivity index (χ4n) is 2.48. The average Bonchev–Trinajstić information content (AvgIpc) is 2.61. The zero-order valence-electron chi connectivity index (χ0n) is 16.7. The zero-order chi connectivity index (χ0) is 20.9. The summed E-state index contributed by atoms with van der Waals surface area (Å²) in [5, 5.41) is 5.50. The van der Waals surface area contributed by atoms with E-state index < -0.39 is 11.4 Å². The maximum Gasteiger partial charge on any atom is 0.320 e. The first kappa shape index (κ1) is 21.1. The molecular formula is C20H28N6O2. The lowest BCUT2D eigenvalue weighted by atomic mass is 9.96. The van der Waals surface area contributed by atoms with Gasteiger partial charge in [-0.3, -0.25) is 10.1 Å². The van der Waals surface area contributed by atoms with E-state index in [1.54, 1.807) is 20.8 Å². The Morgan fingerprint density at radius 3 is 2.57 bits per heavy atom. The molecule has 28 heavy (non-hydrogen) atoms. The van der Waals surface area contributed by atoms with Crippen LogP contribution in [0.3, 0.4) is 0 Å². The van der Waals surface area contributed by atoms with Crippen molar-refractivity contribution >= 4 is 29.3 Å². The van der Waals surface area contributed by atoms with E-state index in [-0.39, 0.29) is 29.3 Å². The Morgan fingerprint density at radius 1 is 1.29 bits per heavy atom. The smallest absolute Gasteiger partial charge is 0.320 e. The molecule has 0 aliphatic heterocycles. The molecule has 1 aliphatic rings. The van der Waals surface area contributed by atoms with Crippen LogP contribution in [0.4, 0.5) is 16.3 Å². The Labute approximate surface area is 165 Å². The molecule has 6 N–H and O–H groups in total. The summed E-state index contributed by atoms with van der Waals surface area (Å²) in [4.78, 5) is 32.2. The first-order valence-corrected chi connectivity index (χ1v) is 9.16. The predicted octanol–water partition coefficient (Wildman–Crippen LogP) is 2.73. The van der Waals surface area contributed by atoms with Crippen LogP contribution >= 0.6 is 0 Å². The van der Waals surface area contributed by atoms with Gasteiger partial charge in [0.25, 0.3) is 5.91 Å². The van der Waals surface area contributed by atoms with Crippen molar-refractivity contribution in [2.45, 2.75) is 46.6 Å². The van der Waals surface area contributed by atoms with E-state index in [1.807, 2.05) is 13.0 Å². The average molecular weight is 384 g/mol. The highest BCUT2D eigenvalue weighted by molar-refractivity contribution is 6.08. The van der Waals surface area contributed by atoms with Crippen molar-refractivity contribution in [2.75, 3.05) is 11.1 Å². The number of carbonyl (C=O) groups is 2. The van der Waals surface area contributed by atoms with E-state index in [0.29, 0.717) is 5.56 Å². The number of urea groups is 1. The Bertz CT molecular complexity index is 849. The quantitative estimate of drug-likeness (QED) is 0.467. The number of hydrogen-bond acceptors (Lipinski definition) is 4. The molecule has 0 saturated carbocycles. The predicted molar refractivity (Wildman–Crippen MR) is 112 cm³/mol. The minimum absolute atomic E-state index is 0.00873. The summed E-state index contributed by atoms with van der Waals surface area (Å²) in [6.07, 6.45) is 9.58. The van der Waals surface area contributed by atoms with Crippen molar-refractivity contribution in [3.8, 4) is 0 Å². The number of nitrogen functional groups attached to an aromatic ring is 1. The van der Waals surface area contributed by atoms with Crippen LogP contribution in [0, 0.1) is 5.41 Å². The third-order valence-electron chi connectivity index (χ3n) is 4.19. The number of nitrogens with two attached hydrogens (primary N) is 2. The van der Waals surface area contributed by atoms with Crippen molar-refractivity contribution in [1.82, 2.24) is 10.3 Å². The summed E-state index contributed by atoms with van der Waals surface area (Å²) >= 11 is 0. The van der Waals surface area contributed by atoms with E-state index >= 15 is 0 Å². The molecule has 1 atom stereocenters. The second kappa shape index (κ2) is 8.69. The van der Waals surface area contributed by atoms with E-state index in [0.717, 1.165) is 18.4 Å². The molecule has 0 saturated heterocycles. The van der Waals surface area contributed by atoms with Gasteiger partial charge in [-0.25, -0.2) is 9.78 Å². The number of nitrogens with one attached hydrogen (secondary N) is 2. The van der Waals surface area contributed by atoms with Gasteiger partial charge in [-0.05, 0) is 25.3 Å². The second-order valence-corrected chi connectivity index (χ2v) is 7.71. The lowest BCUT2D eigenvalue weighted by molar-refractivity contribution is -0.124. The van der Waals surface area contributed by atoms with Crippen LogP contribution in [0.5, 0.6) is 0 Å². The van der Waals surface area contributed by atoms with E-state index in [4.69, 9.17) is 11.5 Å². The lowest BCUT2D eigenvalue weighted by Gasteiger charge is -2.18. The normalized spacial score (nSPS) is 15.6. The summed E-state index contributed by atoms with van der Waals surface area (Å²) in [5.41, 5.74) is 12.9. The van der Waals surface area contributed by atoms with Gasteiger partial charge in [-0.1, -0.05) is 39.0 Å². The fraction of sp³-hybridized carbons (Fsp3) is 0.400. The zero-order valence-corrected chi connectivity index (χ0v) is 16.7. The van der Waals surface area contributed by atoms with Gasteiger partial charge in [0.15, 0.2) is 0 Å². The van der Waals surface area contributed by atoms with Crippen LogP contribution in [-0.4, -0.2) is 28.8 Å². The van der Waals surface area contributed by atoms with Crippen LogP contribution in [0.2, 0.25) is 0 Å². The van der Waals surface area contributed by atoms with Gasteiger partial charge in [-0.15, -0.1) is 0 Å². The van der Waals surface area contributed by atoms with E-state index in [2.05, 4.69) is 32.8 Å². The van der Waals surface area contributed by atoms with E-state index in [1.165, 1.54) is 12.3 Å². The van der Waals surface area contributed by atoms with Gasteiger partial charge in [0.05, 0.1) is 11.6 Å². The third kappa shape index (κ3) is 5.67. The number of hydrogen-bond donors (Lipinski definition) is 4. The fourth-order valence-corrected chi connectivity index (χ4v) is 2.48. The maximum absolute atomic E-state index is 12.2. The number of pyridine rings is 1. The summed E-state index contributed by atoms with van der Waals surface area (Å²) in [6, 6.07) is 0.958. The van der Waals surface area contributed by atoms with Gasteiger partial charge in [0.1, 0.15) is 11.7 Å². The molecule has 1 aromatic rings. The van der Waals surface area contributed by atoms with Crippen molar-refractivity contribution in [3.63, 3.8) is 0 Å². The molecule has 1 heterocycles. The standard InChI is InChI=1S/C20H28N6O2/c1-12(13-8-6-5-7-9-13)24-19(28)25-16-10-15(21)14(11-23-16)17(22)26-18(27)20(2,3)4/h6,8-12H,5,7H2,1-4H3,(H2,22,26,27)(H4,21,23,24,25,28)/t12-/m1/s1. The number of anilines is 2.